The van der Waals surface area contributed by atoms with Crippen LogP contribution in [0.25, 0.3) is 10.9 Å². The van der Waals surface area contributed by atoms with E-state index >= 15 is 0 Å². The molecule has 1 aliphatic rings. The predicted octanol–water partition coefficient (Wildman–Crippen LogP) is 6.33. The van der Waals surface area contributed by atoms with Gasteiger partial charge in [-0.15, -0.1) is 0 Å². The van der Waals surface area contributed by atoms with Gasteiger partial charge in [-0.25, -0.2) is 9.78 Å². The first-order chi connectivity index (χ1) is 15.6. The van der Waals surface area contributed by atoms with Crippen molar-refractivity contribution in [3.05, 3.63) is 70.4 Å². The summed E-state index contributed by atoms with van der Waals surface area (Å²) in [7, 11) is 0. The number of aromatic nitrogens is 1. The van der Waals surface area contributed by atoms with Crippen molar-refractivity contribution in [3.63, 3.8) is 0 Å². The highest BCUT2D eigenvalue weighted by atomic mass is 19.4. The lowest BCUT2D eigenvalue weighted by Gasteiger charge is -2.26. The molecule has 1 saturated heterocycles. The molecule has 1 aliphatic heterocycles. The Morgan fingerprint density at radius 2 is 1.88 bits per heavy atom. The number of anilines is 1. The van der Waals surface area contributed by atoms with Crippen molar-refractivity contribution in [2.75, 3.05) is 18.5 Å². The minimum absolute atomic E-state index is 0.127. The molecule has 0 radical (unpaired) electrons. The third-order valence-corrected chi connectivity index (χ3v) is 6.07. The van der Waals surface area contributed by atoms with Crippen molar-refractivity contribution < 1.29 is 27.8 Å². The maximum Gasteiger partial charge on any atom is 0.433 e. The summed E-state index contributed by atoms with van der Waals surface area (Å²) in [5.41, 5.74) is 1.74. The summed E-state index contributed by atoms with van der Waals surface area (Å²) in [4.78, 5) is 15.7. The second-order valence-corrected chi connectivity index (χ2v) is 8.45. The first-order valence-corrected chi connectivity index (χ1v) is 10.8. The number of aromatic carboxylic acids is 1. The van der Waals surface area contributed by atoms with Crippen molar-refractivity contribution in [2.45, 2.75) is 44.8 Å². The zero-order chi connectivity index (χ0) is 23.8. The second-order valence-electron chi connectivity index (χ2n) is 8.45. The van der Waals surface area contributed by atoms with E-state index in [1.54, 1.807) is 30.3 Å². The van der Waals surface area contributed by atoms with Crippen LogP contribution < -0.4 is 5.32 Å². The van der Waals surface area contributed by atoms with E-state index < -0.39 is 17.8 Å². The lowest BCUT2D eigenvalue weighted by molar-refractivity contribution is -0.142. The van der Waals surface area contributed by atoms with Gasteiger partial charge in [0.1, 0.15) is 5.69 Å². The number of halogens is 3. The number of nitrogens with one attached hydrogen (secondary N) is 1. The number of ether oxygens (including phenoxy) is 1. The Bertz CT molecular complexity index is 1190. The number of carboxylic acid groups (broad SMARTS) is 1. The van der Waals surface area contributed by atoms with Gasteiger partial charge in [-0.3, -0.25) is 0 Å². The number of alkyl halides is 3. The van der Waals surface area contributed by atoms with E-state index in [0.29, 0.717) is 37.1 Å². The van der Waals surface area contributed by atoms with Crippen LogP contribution in [0.15, 0.2) is 42.5 Å². The fourth-order valence-corrected chi connectivity index (χ4v) is 4.48. The van der Waals surface area contributed by atoms with Crippen LogP contribution in [-0.2, 0) is 10.9 Å². The number of hydrogen-bond donors (Lipinski definition) is 2. The summed E-state index contributed by atoms with van der Waals surface area (Å²) in [6.07, 6.45) is -3.54. The summed E-state index contributed by atoms with van der Waals surface area (Å²) < 4.78 is 47.2. The first kappa shape index (κ1) is 23.0. The summed E-state index contributed by atoms with van der Waals surface area (Å²) in [6, 6.07) is 11.4. The molecule has 2 N–H and O–H groups in total. The molecule has 0 unspecified atom stereocenters. The number of benzene rings is 2. The van der Waals surface area contributed by atoms with Crippen LogP contribution in [0, 0.1) is 6.92 Å². The zero-order valence-corrected chi connectivity index (χ0v) is 18.4. The van der Waals surface area contributed by atoms with Crippen molar-refractivity contribution in [2.24, 2.45) is 0 Å². The number of pyridine rings is 1. The minimum Gasteiger partial charge on any atom is -0.478 e. The van der Waals surface area contributed by atoms with Gasteiger partial charge in [0, 0.05) is 30.3 Å². The third-order valence-electron chi connectivity index (χ3n) is 6.07. The van der Waals surface area contributed by atoms with E-state index in [9.17, 15) is 23.1 Å². The number of fused-ring (bicyclic) bond motifs is 1. The average molecular weight is 458 g/mol. The molecule has 5 nitrogen and oxygen atoms in total. The predicted molar refractivity (Wildman–Crippen MR) is 120 cm³/mol. The molecule has 1 atom stereocenters. The Morgan fingerprint density at radius 1 is 1.18 bits per heavy atom. The molecule has 2 heterocycles. The van der Waals surface area contributed by atoms with Gasteiger partial charge in [0.05, 0.1) is 11.1 Å². The molecule has 1 aromatic heterocycles. The van der Waals surface area contributed by atoms with E-state index in [1.165, 1.54) is 6.07 Å². The molecule has 174 valence electrons. The minimum atomic E-state index is -4.56. The van der Waals surface area contributed by atoms with Crippen LogP contribution in [0.4, 0.5) is 18.9 Å². The van der Waals surface area contributed by atoms with Crippen molar-refractivity contribution in [3.8, 4) is 0 Å². The molecule has 33 heavy (non-hydrogen) atoms. The van der Waals surface area contributed by atoms with Crippen molar-refractivity contribution >= 4 is 22.6 Å². The van der Waals surface area contributed by atoms with Gasteiger partial charge in [-0.05, 0) is 73.6 Å². The van der Waals surface area contributed by atoms with Gasteiger partial charge >= 0.3 is 12.1 Å². The molecule has 0 bridgehead atoms. The second kappa shape index (κ2) is 9.02. The monoisotopic (exact) mass is 458 g/mol. The highest BCUT2D eigenvalue weighted by molar-refractivity contribution is 5.94. The number of carboxylic acids is 1. The van der Waals surface area contributed by atoms with Gasteiger partial charge in [-0.2, -0.15) is 13.2 Å². The fourth-order valence-electron chi connectivity index (χ4n) is 4.48. The molecular formula is C25H25F3N2O3. The molecule has 0 saturated carbocycles. The van der Waals surface area contributed by atoms with E-state index in [2.05, 4.69) is 10.3 Å². The molecular weight excluding hydrogens is 433 g/mol. The first-order valence-electron chi connectivity index (χ1n) is 10.8. The number of rotatable bonds is 5. The van der Waals surface area contributed by atoms with Gasteiger partial charge in [0.15, 0.2) is 0 Å². The summed E-state index contributed by atoms with van der Waals surface area (Å²) in [5.74, 6) is -1.34. The van der Waals surface area contributed by atoms with Gasteiger partial charge < -0.3 is 15.2 Å². The lowest BCUT2D eigenvalue weighted by Crippen LogP contribution is -2.20. The highest BCUT2D eigenvalue weighted by Crippen LogP contribution is 2.40. The lowest BCUT2D eigenvalue weighted by atomic mass is 9.88. The van der Waals surface area contributed by atoms with Crippen molar-refractivity contribution in [1.82, 2.24) is 4.98 Å². The van der Waals surface area contributed by atoms with Crippen LogP contribution in [0.2, 0.25) is 0 Å². The number of hydrogen-bond acceptors (Lipinski definition) is 4. The van der Waals surface area contributed by atoms with Crippen LogP contribution >= 0.6 is 0 Å². The normalized spacial score (nSPS) is 16.0. The molecule has 0 aliphatic carbocycles. The fraction of sp³-hybridized carbons (Fsp3) is 0.360. The van der Waals surface area contributed by atoms with E-state index in [1.807, 2.05) is 19.9 Å². The SMILES string of the molecule is Cc1cc([C@@H](C)Nc2ccccc2C(=O)O)c2cc(C3CCOCC3)c(C(F)(F)F)nc2c1. The maximum atomic E-state index is 13.9. The summed E-state index contributed by atoms with van der Waals surface area (Å²) in [6.45, 7) is 4.51. The smallest absolute Gasteiger partial charge is 0.433 e. The largest absolute Gasteiger partial charge is 0.478 e. The molecule has 2 aromatic carbocycles. The molecule has 8 heteroatoms. The number of para-hydroxylation sites is 1. The number of carbonyl (C=O) groups is 1. The number of nitrogens with zero attached hydrogens (tertiary/aromatic N) is 1. The topological polar surface area (TPSA) is 71.5 Å². The third kappa shape index (κ3) is 4.80. The summed E-state index contributed by atoms with van der Waals surface area (Å²) in [5, 5.41) is 13.3. The van der Waals surface area contributed by atoms with E-state index in [4.69, 9.17) is 4.74 Å². The molecule has 0 amide bonds. The molecule has 4 rings (SSSR count). The average Bonchev–Trinajstić information content (AvgIpc) is 2.78. The quantitative estimate of drug-likeness (QED) is 0.468. The zero-order valence-electron chi connectivity index (χ0n) is 18.4. The van der Waals surface area contributed by atoms with E-state index in [-0.39, 0.29) is 28.6 Å². The van der Waals surface area contributed by atoms with Gasteiger partial charge in [-0.1, -0.05) is 18.2 Å². The molecule has 0 spiro atoms. The van der Waals surface area contributed by atoms with Crippen LogP contribution in [0.5, 0.6) is 0 Å². The van der Waals surface area contributed by atoms with Crippen LogP contribution in [0.3, 0.4) is 0 Å². The Labute approximate surface area is 189 Å². The molecule has 3 aromatic rings. The highest BCUT2D eigenvalue weighted by Gasteiger charge is 2.38. The van der Waals surface area contributed by atoms with Gasteiger partial charge in [0.25, 0.3) is 0 Å². The Hall–Kier alpha value is -3.13. The van der Waals surface area contributed by atoms with Crippen LogP contribution in [0.1, 0.15) is 64.5 Å². The Balaban J connectivity index is 1.84. The Kier molecular flexibility index (Phi) is 6.30. The molecule has 1 fully saturated rings. The standard InChI is InChI=1S/C25H25F3N2O3/c1-14-11-18(15(2)29-21-6-4-3-5-17(21)24(31)32)20-13-19(16-7-9-33-10-8-16)23(25(26,27)28)30-22(20)12-14/h3-6,11-13,15-16,29H,7-10H2,1-2H3,(H,31,32)/t15-/m1/s1. The number of aryl methyl sites for hydroxylation is 1. The van der Waals surface area contributed by atoms with Crippen LogP contribution in [-0.4, -0.2) is 29.3 Å². The van der Waals surface area contributed by atoms with Crippen molar-refractivity contribution in [1.29, 1.82) is 0 Å². The maximum absolute atomic E-state index is 13.9. The summed E-state index contributed by atoms with van der Waals surface area (Å²) >= 11 is 0. The Morgan fingerprint density at radius 3 is 2.55 bits per heavy atom. The van der Waals surface area contributed by atoms with E-state index in [0.717, 1.165) is 11.1 Å². The van der Waals surface area contributed by atoms with Gasteiger partial charge in [0.2, 0.25) is 0 Å².